The molecule has 3 heteroatoms. The largest absolute Gasteiger partial charge is 0.497 e. The Morgan fingerprint density at radius 2 is 1.31 bits per heavy atom. The summed E-state index contributed by atoms with van der Waals surface area (Å²) in [5.41, 5.74) is 3.53. The third-order valence-corrected chi connectivity index (χ3v) is 5.96. The molecule has 0 radical (unpaired) electrons. The van der Waals surface area contributed by atoms with Gasteiger partial charge in [0, 0.05) is 0 Å². The molecular formula is C26H33NO2. The summed E-state index contributed by atoms with van der Waals surface area (Å²) in [6.07, 6.45) is 10.2. The van der Waals surface area contributed by atoms with Gasteiger partial charge in [0.15, 0.2) is 0 Å². The van der Waals surface area contributed by atoms with Crippen molar-refractivity contribution in [2.45, 2.75) is 38.6 Å². The molecule has 3 rings (SSSR count). The highest BCUT2D eigenvalue weighted by Gasteiger charge is 2.42. The van der Waals surface area contributed by atoms with Gasteiger partial charge < -0.3 is 9.47 Å². The van der Waals surface area contributed by atoms with E-state index in [1.54, 1.807) is 14.2 Å². The Hall–Kier alpha value is -2.52. The molecule has 1 heterocycles. The van der Waals surface area contributed by atoms with E-state index in [0.717, 1.165) is 24.6 Å². The van der Waals surface area contributed by atoms with Crippen LogP contribution in [0.25, 0.3) is 0 Å². The van der Waals surface area contributed by atoms with Crippen molar-refractivity contribution in [3.63, 3.8) is 0 Å². The molecule has 154 valence electrons. The van der Waals surface area contributed by atoms with Gasteiger partial charge in [-0.1, -0.05) is 48.9 Å². The van der Waals surface area contributed by atoms with Gasteiger partial charge in [0.1, 0.15) is 11.5 Å². The van der Waals surface area contributed by atoms with Gasteiger partial charge in [0.2, 0.25) is 0 Å². The van der Waals surface area contributed by atoms with E-state index in [1.807, 2.05) is 0 Å². The van der Waals surface area contributed by atoms with Gasteiger partial charge in [-0.15, -0.1) is 0 Å². The fraction of sp³-hybridized carbons (Fsp3) is 0.385. The lowest BCUT2D eigenvalue weighted by Gasteiger charge is -2.48. The van der Waals surface area contributed by atoms with E-state index < -0.39 is 0 Å². The van der Waals surface area contributed by atoms with E-state index in [1.165, 1.54) is 36.0 Å². The highest BCUT2D eigenvalue weighted by atomic mass is 16.5. The predicted octanol–water partition coefficient (Wildman–Crippen LogP) is 5.96. The Balaban J connectivity index is 2.26. The monoisotopic (exact) mass is 391 g/mol. The van der Waals surface area contributed by atoms with Crippen LogP contribution in [0.1, 0.15) is 44.2 Å². The lowest BCUT2D eigenvalue weighted by Crippen LogP contribution is -2.50. The van der Waals surface area contributed by atoms with Crippen LogP contribution in [-0.4, -0.2) is 32.2 Å². The van der Waals surface area contributed by atoms with E-state index in [0.29, 0.717) is 0 Å². The fourth-order valence-corrected chi connectivity index (χ4v) is 4.49. The minimum Gasteiger partial charge on any atom is -0.497 e. The van der Waals surface area contributed by atoms with Crippen molar-refractivity contribution in [1.82, 2.24) is 4.90 Å². The van der Waals surface area contributed by atoms with Crippen molar-refractivity contribution in [2.75, 3.05) is 27.3 Å². The number of nitrogens with zero attached hydrogens (tertiary/aromatic N) is 1. The van der Waals surface area contributed by atoms with Crippen LogP contribution in [0.2, 0.25) is 0 Å². The molecule has 0 amide bonds. The van der Waals surface area contributed by atoms with Crippen LogP contribution in [0, 0.1) is 0 Å². The summed E-state index contributed by atoms with van der Waals surface area (Å²) in [7, 11) is 3.43. The Morgan fingerprint density at radius 3 is 1.72 bits per heavy atom. The Bertz CT molecular complexity index is 781. The van der Waals surface area contributed by atoms with E-state index in [2.05, 4.69) is 85.5 Å². The number of ether oxygens (including phenoxy) is 2. The molecular weight excluding hydrogens is 358 g/mol. The molecule has 29 heavy (non-hydrogen) atoms. The number of hydrogen-bond acceptors (Lipinski definition) is 3. The lowest BCUT2D eigenvalue weighted by atomic mass is 9.74. The summed E-state index contributed by atoms with van der Waals surface area (Å²) < 4.78 is 10.9. The number of hydrogen-bond donors (Lipinski definition) is 0. The molecule has 0 saturated carbocycles. The van der Waals surface area contributed by atoms with E-state index in [-0.39, 0.29) is 5.54 Å². The topological polar surface area (TPSA) is 21.7 Å². The molecule has 1 aliphatic heterocycles. The summed E-state index contributed by atoms with van der Waals surface area (Å²) in [4.78, 5) is 2.65. The SMILES string of the molecule is C/C=C\C=C(/C)C(c1ccc(OC)cc1)(c1ccc(OC)cc1)N1CCCCC1. The molecule has 1 aliphatic rings. The van der Waals surface area contributed by atoms with Gasteiger partial charge in [0.05, 0.1) is 19.8 Å². The van der Waals surface area contributed by atoms with Crippen molar-refractivity contribution >= 4 is 0 Å². The van der Waals surface area contributed by atoms with E-state index in [9.17, 15) is 0 Å². The van der Waals surface area contributed by atoms with Crippen molar-refractivity contribution in [3.05, 3.63) is 83.5 Å². The molecule has 0 N–H and O–H groups in total. The number of piperidine rings is 1. The van der Waals surface area contributed by atoms with E-state index >= 15 is 0 Å². The number of benzene rings is 2. The van der Waals surface area contributed by atoms with Gasteiger partial charge in [0.25, 0.3) is 0 Å². The van der Waals surface area contributed by atoms with Crippen molar-refractivity contribution in [3.8, 4) is 11.5 Å². The molecule has 0 spiro atoms. The van der Waals surface area contributed by atoms with Crippen LogP contribution in [0.3, 0.4) is 0 Å². The molecule has 3 nitrogen and oxygen atoms in total. The fourth-order valence-electron chi connectivity index (χ4n) is 4.49. The van der Waals surface area contributed by atoms with Gasteiger partial charge in [-0.2, -0.15) is 0 Å². The van der Waals surface area contributed by atoms with Gasteiger partial charge >= 0.3 is 0 Å². The van der Waals surface area contributed by atoms with Crippen molar-refractivity contribution in [2.24, 2.45) is 0 Å². The van der Waals surface area contributed by atoms with Gasteiger partial charge in [-0.3, -0.25) is 4.90 Å². The second kappa shape index (κ2) is 9.80. The summed E-state index contributed by atoms with van der Waals surface area (Å²) in [6.45, 7) is 6.48. The third kappa shape index (κ3) is 4.25. The number of allylic oxidation sites excluding steroid dienone is 3. The minimum atomic E-state index is -0.321. The van der Waals surface area contributed by atoms with Crippen LogP contribution in [0.5, 0.6) is 11.5 Å². The number of likely N-dealkylation sites (tertiary alicyclic amines) is 1. The summed E-state index contributed by atoms with van der Waals surface area (Å²) in [5, 5.41) is 0. The molecule has 0 atom stereocenters. The maximum Gasteiger partial charge on any atom is 0.118 e. The standard InChI is InChI=1S/C26H33NO2/c1-5-6-10-21(2)26(27-19-8-7-9-20-27,22-11-15-24(28-3)16-12-22)23-13-17-25(29-4)18-14-23/h5-6,10-18H,7-9,19-20H2,1-4H3/b6-5-,21-10+. The smallest absolute Gasteiger partial charge is 0.118 e. The first kappa shape index (κ1) is 21.2. The maximum absolute atomic E-state index is 5.43. The molecule has 0 aromatic heterocycles. The normalized spacial score (nSPS) is 16.2. The Kier molecular flexibility index (Phi) is 7.16. The van der Waals surface area contributed by atoms with Crippen LogP contribution in [0.15, 0.2) is 72.3 Å². The maximum atomic E-state index is 5.43. The second-order valence-electron chi connectivity index (χ2n) is 7.59. The minimum absolute atomic E-state index is 0.321. The zero-order valence-corrected chi connectivity index (χ0v) is 18.2. The highest BCUT2D eigenvalue weighted by molar-refractivity contribution is 5.50. The predicted molar refractivity (Wildman–Crippen MR) is 121 cm³/mol. The van der Waals surface area contributed by atoms with Gasteiger partial charge in [-0.05, 0) is 80.7 Å². The average molecular weight is 392 g/mol. The first-order chi connectivity index (χ1) is 14.2. The molecule has 2 aromatic carbocycles. The molecule has 1 saturated heterocycles. The number of rotatable bonds is 7. The zero-order chi connectivity index (χ0) is 20.7. The van der Waals surface area contributed by atoms with Crippen molar-refractivity contribution in [1.29, 1.82) is 0 Å². The van der Waals surface area contributed by atoms with Crippen LogP contribution < -0.4 is 9.47 Å². The third-order valence-electron chi connectivity index (χ3n) is 5.96. The Morgan fingerprint density at radius 1 is 0.828 bits per heavy atom. The zero-order valence-electron chi connectivity index (χ0n) is 18.2. The molecule has 0 bridgehead atoms. The van der Waals surface area contributed by atoms with Crippen molar-refractivity contribution < 1.29 is 9.47 Å². The van der Waals surface area contributed by atoms with Gasteiger partial charge in [-0.25, -0.2) is 0 Å². The first-order valence-corrected chi connectivity index (χ1v) is 10.5. The summed E-state index contributed by atoms with van der Waals surface area (Å²) >= 11 is 0. The Labute approximate surface area is 175 Å². The molecule has 0 aliphatic carbocycles. The van der Waals surface area contributed by atoms with E-state index in [4.69, 9.17) is 9.47 Å². The average Bonchev–Trinajstić information content (AvgIpc) is 2.79. The molecule has 0 unspecified atom stereocenters. The summed E-state index contributed by atoms with van der Waals surface area (Å²) in [5.74, 6) is 1.76. The number of methoxy groups -OCH3 is 2. The molecule has 2 aromatic rings. The van der Waals surface area contributed by atoms with Crippen LogP contribution in [-0.2, 0) is 5.54 Å². The van der Waals surface area contributed by atoms with Crippen LogP contribution >= 0.6 is 0 Å². The lowest BCUT2D eigenvalue weighted by molar-refractivity contribution is 0.124. The van der Waals surface area contributed by atoms with Crippen LogP contribution in [0.4, 0.5) is 0 Å². The quantitative estimate of drug-likeness (QED) is 0.544. The summed E-state index contributed by atoms with van der Waals surface area (Å²) in [6, 6.07) is 17.1. The highest BCUT2D eigenvalue weighted by Crippen LogP contribution is 2.44. The first-order valence-electron chi connectivity index (χ1n) is 10.5. The second-order valence-corrected chi connectivity index (χ2v) is 7.59. The molecule has 1 fully saturated rings.